The molecule has 1 aromatic heterocycles. The fraction of sp³-hybridized carbons (Fsp3) is 0.400. The zero-order chi connectivity index (χ0) is 15.6. The van der Waals surface area contributed by atoms with Crippen LogP contribution in [0, 0.1) is 6.92 Å². The smallest absolute Gasteiger partial charge is 0.243 e. The summed E-state index contributed by atoms with van der Waals surface area (Å²) in [5, 5.41) is 0.657. The Labute approximate surface area is 125 Å². The second-order valence-corrected chi connectivity index (χ2v) is 7.19. The average molecular weight is 307 g/mol. The third-order valence-electron chi connectivity index (χ3n) is 3.79. The Morgan fingerprint density at radius 3 is 2.71 bits per heavy atom. The van der Waals surface area contributed by atoms with Crippen LogP contribution < -0.4 is 5.73 Å². The van der Waals surface area contributed by atoms with Gasteiger partial charge >= 0.3 is 0 Å². The Morgan fingerprint density at radius 2 is 2.05 bits per heavy atom. The molecule has 1 aromatic carbocycles. The number of sulfonamides is 1. The van der Waals surface area contributed by atoms with Gasteiger partial charge in [-0.25, -0.2) is 8.42 Å². The second kappa shape index (κ2) is 6.09. The molecule has 2 N–H and O–H groups in total. The number of benzene rings is 1. The normalized spacial score (nSPS) is 13.8. The van der Waals surface area contributed by atoms with Crippen LogP contribution in [0.2, 0.25) is 0 Å². The van der Waals surface area contributed by atoms with Crippen LogP contribution in [0.15, 0.2) is 35.4 Å². The Kier molecular flexibility index (Phi) is 4.61. The molecule has 0 aliphatic heterocycles. The molecular weight excluding hydrogens is 286 g/mol. The van der Waals surface area contributed by atoms with Crippen molar-refractivity contribution in [1.82, 2.24) is 9.29 Å². The Hall–Kier alpha value is -1.50. The summed E-state index contributed by atoms with van der Waals surface area (Å²) in [4.78, 5) is 4.59. The number of pyridine rings is 1. The fourth-order valence-electron chi connectivity index (χ4n) is 2.33. The molecule has 0 spiro atoms. The van der Waals surface area contributed by atoms with Crippen molar-refractivity contribution in [2.45, 2.75) is 31.2 Å². The molecule has 0 bridgehead atoms. The van der Waals surface area contributed by atoms with Crippen LogP contribution in [0.5, 0.6) is 0 Å². The Balaban J connectivity index is 2.58. The van der Waals surface area contributed by atoms with Crippen molar-refractivity contribution >= 4 is 20.9 Å². The van der Waals surface area contributed by atoms with Crippen LogP contribution in [0.4, 0.5) is 0 Å². The fourth-order valence-corrected chi connectivity index (χ4v) is 3.90. The van der Waals surface area contributed by atoms with Gasteiger partial charge in [-0.3, -0.25) is 4.98 Å². The van der Waals surface area contributed by atoms with E-state index in [1.165, 1.54) is 4.31 Å². The highest BCUT2D eigenvalue weighted by atomic mass is 32.2. The topological polar surface area (TPSA) is 76.3 Å². The number of hydrogen-bond acceptors (Lipinski definition) is 4. The number of aromatic nitrogens is 1. The lowest BCUT2D eigenvalue weighted by atomic mass is 10.1. The third kappa shape index (κ3) is 2.92. The van der Waals surface area contributed by atoms with Crippen LogP contribution in [0.25, 0.3) is 10.9 Å². The summed E-state index contributed by atoms with van der Waals surface area (Å²) in [6.07, 6.45) is 2.30. The van der Waals surface area contributed by atoms with E-state index >= 15 is 0 Å². The molecule has 1 atom stereocenters. The number of rotatable bonds is 5. The number of hydrogen-bond donors (Lipinski definition) is 1. The molecular formula is C15H21N3O2S. The molecule has 0 saturated heterocycles. The minimum atomic E-state index is -3.57. The summed E-state index contributed by atoms with van der Waals surface area (Å²) < 4.78 is 27.0. The maximum absolute atomic E-state index is 12.8. The molecule has 0 amide bonds. The average Bonchev–Trinajstić information content (AvgIpc) is 2.47. The van der Waals surface area contributed by atoms with E-state index in [0.29, 0.717) is 23.2 Å². The third-order valence-corrected chi connectivity index (χ3v) is 5.82. The highest BCUT2D eigenvalue weighted by molar-refractivity contribution is 7.89. The summed E-state index contributed by atoms with van der Waals surface area (Å²) >= 11 is 0. The van der Waals surface area contributed by atoms with Crippen molar-refractivity contribution in [1.29, 1.82) is 0 Å². The van der Waals surface area contributed by atoms with Gasteiger partial charge in [-0.2, -0.15) is 4.31 Å². The minimum Gasteiger partial charge on any atom is -0.330 e. The summed E-state index contributed by atoms with van der Waals surface area (Å²) in [5.74, 6) is 0. The van der Waals surface area contributed by atoms with Gasteiger partial charge in [-0.15, -0.1) is 0 Å². The molecule has 6 heteroatoms. The van der Waals surface area contributed by atoms with Crippen molar-refractivity contribution in [3.05, 3.63) is 36.0 Å². The van der Waals surface area contributed by atoms with Gasteiger partial charge in [0.15, 0.2) is 0 Å². The molecule has 0 saturated carbocycles. The van der Waals surface area contributed by atoms with Gasteiger partial charge < -0.3 is 5.73 Å². The first kappa shape index (κ1) is 15.9. The van der Waals surface area contributed by atoms with Gasteiger partial charge in [0.2, 0.25) is 10.0 Å². The molecule has 0 aliphatic carbocycles. The van der Waals surface area contributed by atoms with E-state index in [-0.39, 0.29) is 6.04 Å². The maximum Gasteiger partial charge on any atom is 0.243 e. The lowest BCUT2D eigenvalue weighted by Crippen LogP contribution is -2.36. The number of fused-ring (bicyclic) bond motifs is 1. The quantitative estimate of drug-likeness (QED) is 0.915. The number of nitrogens with zero attached hydrogens (tertiary/aromatic N) is 2. The van der Waals surface area contributed by atoms with Crippen LogP contribution in [0.1, 0.15) is 18.9 Å². The first-order valence-electron chi connectivity index (χ1n) is 6.92. The maximum atomic E-state index is 12.8. The molecule has 5 nitrogen and oxygen atoms in total. The molecule has 1 unspecified atom stereocenters. The summed E-state index contributed by atoms with van der Waals surface area (Å²) in [6.45, 7) is 4.24. The minimum absolute atomic E-state index is 0.145. The predicted molar refractivity (Wildman–Crippen MR) is 84.6 cm³/mol. The van der Waals surface area contributed by atoms with Crippen molar-refractivity contribution < 1.29 is 8.42 Å². The number of nitrogens with two attached hydrogens (primary N) is 1. The van der Waals surface area contributed by atoms with E-state index in [4.69, 9.17) is 5.73 Å². The van der Waals surface area contributed by atoms with Crippen molar-refractivity contribution in [3.63, 3.8) is 0 Å². The molecule has 114 valence electrons. The van der Waals surface area contributed by atoms with E-state index in [9.17, 15) is 8.42 Å². The highest BCUT2D eigenvalue weighted by Crippen LogP contribution is 2.27. The van der Waals surface area contributed by atoms with Crippen molar-refractivity contribution in [2.24, 2.45) is 5.73 Å². The monoisotopic (exact) mass is 307 g/mol. The predicted octanol–water partition coefficient (Wildman–Crippen LogP) is 1.90. The van der Waals surface area contributed by atoms with Crippen LogP contribution >= 0.6 is 0 Å². The van der Waals surface area contributed by atoms with Crippen LogP contribution in [-0.2, 0) is 10.0 Å². The summed E-state index contributed by atoms with van der Waals surface area (Å²) in [5.41, 5.74) is 7.21. The van der Waals surface area contributed by atoms with Crippen LogP contribution in [0.3, 0.4) is 0 Å². The molecule has 2 rings (SSSR count). The van der Waals surface area contributed by atoms with Crippen molar-refractivity contribution in [2.75, 3.05) is 13.6 Å². The number of aryl methyl sites for hydroxylation is 1. The standard InChI is InChI=1S/C15H21N3O2S/c1-11-6-7-14(13-5-4-10-17-15(11)13)21(19,20)18(3)12(2)8-9-16/h4-7,10,12H,8-9,16H2,1-3H3. The zero-order valence-electron chi connectivity index (χ0n) is 12.6. The summed E-state index contributed by atoms with van der Waals surface area (Å²) in [7, 11) is -1.97. The van der Waals surface area contributed by atoms with E-state index < -0.39 is 10.0 Å². The van der Waals surface area contributed by atoms with Crippen molar-refractivity contribution in [3.8, 4) is 0 Å². The first-order chi connectivity index (χ1) is 9.89. The molecule has 0 aliphatic rings. The molecule has 21 heavy (non-hydrogen) atoms. The van der Waals surface area contributed by atoms with Gasteiger partial charge in [0.25, 0.3) is 0 Å². The molecule has 2 aromatic rings. The summed E-state index contributed by atoms with van der Waals surface area (Å²) in [6, 6.07) is 6.85. The zero-order valence-corrected chi connectivity index (χ0v) is 13.4. The van der Waals surface area contributed by atoms with E-state index in [0.717, 1.165) is 11.1 Å². The first-order valence-corrected chi connectivity index (χ1v) is 8.36. The lowest BCUT2D eigenvalue weighted by Gasteiger charge is -2.24. The largest absolute Gasteiger partial charge is 0.330 e. The molecule has 1 heterocycles. The van der Waals surface area contributed by atoms with Gasteiger partial charge in [-0.1, -0.05) is 6.07 Å². The molecule has 0 fully saturated rings. The van der Waals surface area contributed by atoms with Crippen LogP contribution in [-0.4, -0.2) is 37.3 Å². The molecule has 0 radical (unpaired) electrons. The second-order valence-electron chi connectivity index (χ2n) is 5.23. The van der Waals surface area contributed by atoms with Gasteiger partial charge in [0, 0.05) is 24.7 Å². The Morgan fingerprint density at radius 1 is 1.33 bits per heavy atom. The van der Waals surface area contributed by atoms with Gasteiger partial charge in [-0.05, 0) is 50.6 Å². The SMILES string of the molecule is Cc1ccc(S(=O)(=O)N(C)C(C)CCN)c2cccnc12. The highest BCUT2D eigenvalue weighted by Gasteiger charge is 2.27. The van der Waals surface area contributed by atoms with E-state index in [1.807, 2.05) is 13.8 Å². The van der Waals surface area contributed by atoms with E-state index in [2.05, 4.69) is 4.98 Å². The van der Waals surface area contributed by atoms with E-state index in [1.54, 1.807) is 37.5 Å². The van der Waals surface area contributed by atoms with Gasteiger partial charge in [0.05, 0.1) is 10.4 Å². The van der Waals surface area contributed by atoms with Gasteiger partial charge in [0.1, 0.15) is 0 Å². The Bertz CT molecular complexity index is 744. The lowest BCUT2D eigenvalue weighted by molar-refractivity contribution is 0.375.